The van der Waals surface area contributed by atoms with Gasteiger partial charge in [-0.1, -0.05) is 74.5 Å². The number of rotatable bonds is 5. The van der Waals surface area contributed by atoms with Crippen LogP contribution in [0.25, 0.3) is 0 Å². The summed E-state index contributed by atoms with van der Waals surface area (Å²) in [5.41, 5.74) is 4.88. The van der Waals surface area contributed by atoms with Crippen LogP contribution in [0.2, 0.25) is 0 Å². The van der Waals surface area contributed by atoms with E-state index in [2.05, 4.69) is 62.4 Å². The minimum absolute atomic E-state index is 0.0934. The van der Waals surface area contributed by atoms with Crippen molar-refractivity contribution in [2.45, 2.75) is 38.8 Å². The van der Waals surface area contributed by atoms with Crippen molar-refractivity contribution in [3.05, 3.63) is 106 Å². The molecule has 0 N–H and O–H groups in total. The maximum absolute atomic E-state index is 12.9. The lowest BCUT2D eigenvalue weighted by Crippen LogP contribution is -2.07. The molecule has 0 spiro atoms. The molecular formula is C24H23F3. The van der Waals surface area contributed by atoms with Crippen molar-refractivity contribution in [3.8, 4) is 0 Å². The smallest absolute Gasteiger partial charge is 0.166 e. The maximum atomic E-state index is 12.9. The van der Waals surface area contributed by atoms with Gasteiger partial charge in [0.2, 0.25) is 0 Å². The van der Waals surface area contributed by atoms with Crippen LogP contribution in [0, 0.1) is 0 Å². The van der Waals surface area contributed by atoms with Gasteiger partial charge in [-0.3, -0.25) is 0 Å². The normalized spacial score (nSPS) is 11.8. The van der Waals surface area contributed by atoms with Gasteiger partial charge in [-0.25, -0.2) is 0 Å². The molecule has 3 rings (SSSR count). The minimum Gasteiger partial charge on any atom is -0.166 e. The highest BCUT2D eigenvalue weighted by molar-refractivity contribution is 5.45. The van der Waals surface area contributed by atoms with Crippen LogP contribution in [0.15, 0.2) is 72.8 Å². The third kappa shape index (κ3) is 4.41. The molecule has 0 saturated carbocycles. The number of hydrogen-bond acceptors (Lipinski definition) is 0. The van der Waals surface area contributed by atoms with Gasteiger partial charge in [0, 0.05) is 5.92 Å². The van der Waals surface area contributed by atoms with Gasteiger partial charge in [-0.05, 0) is 52.8 Å². The highest BCUT2D eigenvalue weighted by Gasteiger charge is 2.30. The first-order valence-corrected chi connectivity index (χ1v) is 9.27. The first-order chi connectivity index (χ1) is 12.9. The minimum atomic E-state index is -4.32. The van der Waals surface area contributed by atoms with Crippen molar-refractivity contribution in [1.29, 1.82) is 0 Å². The second-order valence-electron chi connectivity index (χ2n) is 6.74. The van der Waals surface area contributed by atoms with Gasteiger partial charge in [0.25, 0.3) is 0 Å². The summed E-state index contributed by atoms with van der Waals surface area (Å²) in [6, 6.07) is 22.2. The molecule has 0 atom stereocenters. The van der Waals surface area contributed by atoms with E-state index in [0.29, 0.717) is 0 Å². The summed E-state index contributed by atoms with van der Waals surface area (Å²) < 4.78 is 38.8. The van der Waals surface area contributed by atoms with E-state index in [1.54, 1.807) is 12.1 Å². The van der Waals surface area contributed by atoms with Gasteiger partial charge in [0.1, 0.15) is 0 Å². The number of halogens is 3. The van der Waals surface area contributed by atoms with Gasteiger partial charge in [0.05, 0.1) is 5.56 Å². The fourth-order valence-electron chi connectivity index (χ4n) is 3.33. The van der Waals surface area contributed by atoms with Crippen molar-refractivity contribution in [2.24, 2.45) is 0 Å². The SMILES string of the molecule is CCc1ccc(C(c2ccc(CC)cc2)c2ccc(C(F)(F)F)cc2)cc1. The number of aryl methyl sites for hydroxylation is 2. The van der Waals surface area contributed by atoms with Crippen LogP contribution in [0.3, 0.4) is 0 Å². The quantitative estimate of drug-likeness (QED) is 0.425. The van der Waals surface area contributed by atoms with Gasteiger partial charge in [-0.2, -0.15) is 13.2 Å². The monoisotopic (exact) mass is 368 g/mol. The molecule has 3 aromatic rings. The zero-order valence-corrected chi connectivity index (χ0v) is 15.6. The van der Waals surface area contributed by atoms with Gasteiger partial charge in [-0.15, -0.1) is 0 Å². The Morgan fingerprint density at radius 2 is 0.926 bits per heavy atom. The van der Waals surface area contributed by atoms with Crippen LogP contribution < -0.4 is 0 Å². The van der Waals surface area contributed by atoms with Crippen LogP contribution in [-0.4, -0.2) is 0 Å². The molecule has 0 saturated heterocycles. The molecule has 0 unspecified atom stereocenters. The summed E-state index contributed by atoms with van der Waals surface area (Å²) in [5.74, 6) is -0.0934. The van der Waals surface area contributed by atoms with E-state index in [1.807, 2.05) is 0 Å². The molecule has 0 aliphatic heterocycles. The molecule has 0 bridgehead atoms. The summed E-state index contributed by atoms with van der Waals surface area (Å²) in [5, 5.41) is 0. The molecule has 3 aromatic carbocycles. The van der Waals surface area contributed by atoms with Crippen LogP contribution in [0.1, 0.15) is 53.1 Å². The molecule has 27 heavy (non-hydrogen) atoms. The first-order valence-electron chi connectivity index (χ1n) is 9.27. The van der Waals surface area contributed by atoms with Crippen molar-refractivity contribution >= 4 is 0 Å². The van der Waals surface area contributed by atoms with Crippen molar-refractivity contribution < 1.29 is 13.2 Å². The molecule has 0 nitrogen and oxygen atoms in total. The van der Waals surface area contributed by atoms with Gasteiger partial charge in [0.15, 0.2) is 0 Å². The maximum Gasteiger partial charge on any atom is 0.416 e. The van der Waals surface area contributed by atoms with Crippen LogP contribution in [0.4, 0.5) is 13.2 Å². The predicted octanol–water partition coefficient (Wildman–Crippen LogP) is 7.01. The molecule has 140 valence electrons. The third-order valence-corrected chi connectivity index (χ3v) is 5.01. The average Bonchev–Trinajstić information content (AvgIpc) is 2.69. The Bertz CT molecular complexity index is 810. The van der Waals surface area contributed by atoms with Crippen molar-refractivity contribution in [3.63, 3.8) is 0 Å². The first kappa shape index (κ1) is 19.2. The highest BCUT2D eigenvalue weighted by atomic mass is 19.4. The van der Waals surface area contributed by atoms with Crippen LogP contribution in [0.5, 0.6) is 0 Å². The molecule has 0 radical (unpaired) electrons. The van der Waals surface area contributed by atoms with E-state index in [0.717, 1.165) is 29.5 Å². The Labute approximate surface area is 158 Å². The molecule has 0 amide bonds. The number of benzene rings is 3. The highest BCUT2D eigenvalue weighted by Crippen LogP contribution is 2.35. The van der Waals surface area contributed by atoms with E-state index in [4.69, 9.17) is 0 Å². The molecule has 0 aromatic heterocycles. The number of alkyl halides is 3. The lowest BCUT2D eigenvalue weighted by Gasteiger charge is -2.20. The van der Waals surface area contributed by atoms with Crippen LogP contribution >= 0.6 is 0 Å². The average molecular weight is 368 g/mol. The van der Waals surface area contributed by atoms with Crippen molar-refractivity contribution in [1.82, 2.24) is 0 Å². The van der Waals surface area contributed by atoms with Crippen LogP contribution in [-0.2, 0) is 19.0 Å². The van der Waals surface area contributed by atoms with E-state index >= 15 is 0 Å². The fourth-order valence-corrected chi connectivity index (χ4v) is 3.33. The summed E-state index contributed by atoms with van der Waals surface area (Å²) in [6.07, 6.45) is -2.41. The molecule has 0 heterocycles. The Morgan fingerprint density at radius 1 is 0.593 bits per heavy atom. The Kier molecular flexibility index (Phi) is 5.69. The second kappa shape index (κ2) is 7.99. The summed E-state index contributed by atoms with van der Waals surface area (Å²) in [6.45, 7) is 4.21. The van der Waals surface area contributed by atoms with E-state index in [-0.39, 0.29) is 5.92 Å². The Balaban J connectivity index is 2.05. The number of hydrogen-bond donors (Lipinski definition) is 0. The van der Waals surface area contributed by atoms with Gasteiger partial charge >= 0.3 is 6.18 Å². The molecule has 0 aliphatic rings. The van der Waals surface area contributed by atoms with E-state index in [9.17, 15) is 13.2 Å². The Morgan fingerprint density at radius 3 is 1.22 bits per heavy atom. The third-order valence-electron chi connectivity index (χ3n) is 5.01. The summed E-state index contributed by atoms with van der Waals surface area (Å²) in [7, 11) is 0. The summed E-state index contributed by atoms with van der Waals surface area (Å²) in [4.78, 5) is 0. The van der Waals surface area contributed by atoms with Gasteiger partial charge < -0.3 is 0 Å². The molecule has 0 fully saturated rings. The van der Waals surface area contributed by atoms with E-state index in [1.165, 1.54) is 23.3 Å². The zero-order chi connectivity index (χ0) is 19.4. The lowest BCUT2D eigenvalue weighted by atomic mass is 9.84. The molecule has 0 aliphatic carbocycles. The fraction of sp³-hybridized carbons (Fsp3) is 0.250. The molecular weight excluding hydrogens is 345 g/mol. The standard InChI is InChI=1S/C24H23F3/c1-3-17-5-9-19(10-6-17)23(20-11-7-18(4-2)8-12-20)21-13-15-22(16-14-21)24(25,26)27/h5-16,23H,3-4H2,1-2H3. The lowest BCUT2D eigenvalue weighted by molar-refractivity contribution is -0.137. The summed E-state index contributed by atoms with van der Waals surface area (Å²) >= 11 is 0. The largest absolute Gasteiger partial charge is 0.416 e. The Hall–Kier alpha value is -2.55. The molecule has 3 heteroatoms. The topological polar surface area (TPSA) is 0 Å². The predicted molar refractivity (Wildman–Crippen MR) is 104 cm³/mol. The zero-order valence-electron chi connectivity index (χ0n) is 15.6. The van der Waals surface area contributed by atoms with Crippen molar-refractivity contribution in [2.75, 3.05) is 0 Å². The van der Waals surface area contributed by atoms with E-state index < -0.39 is 11.7 Å². The second-order valence-corrected chi connectivity index (χ2v) is 6.74.